The highest BCUT2D eigenvalue weighted by molar-refractivity contribution is 7.89. The predicted molar refractivity (Wildman–Crippen MR) is 104 cm³/mol. The van der Waals surface area contributed by atoms with Gasteiger partial charge >= 0.3 is 11.9 Å². The molecule has 0 amide bonds. The van der Waals surface area contributed by atoms with Gasteiger partial charge in [-0.1, -0.05) is 12.1 Å². The van der Waals surface area contributed by atoms with E-state index >= 15 is 0 Å². The van der Waals surface area contributed by atoms with Crippen molar-refractivity contribution in [3.05, 3.63) is 29.8 Å². The fourth-order valence-corrected chi connectivity index (χ4v) is 5.32. The van der Waals surface area contributed by atoms with Crippen LogP contribution in [0.2, 0.25) is 0 Å². The minimum atomic E-state index is -3.87. The summed E-state index contributed by atoms with van der Waals surface area (Å²) in [6.07, 6.45) is 3.72. The number of hydrogen-bond donors (Lipinski definition) is 0. The molecule has 2 aliphatic heterocycles. The number of carbonyl (C=O) groups is 2. The second-order valence-corrected chi connectivity index (χ2v) is 9.19. The Morgan fingerprint density at radius 1 is 1.14 bits per heavy atom. The Morgan fingerprint density at radius 3 is 2.52 bits per heavy atom. The third kappa shape index (κ3) is 5.15. The third-order valence-electron chi connectivity index (χ3n) is 5.38. The van der Waals surface area contributed by atoms with Gasteiger partial charge in [0.15, 0.2) is 0 Å². The molecule has 2 heterocycles. The molecule has 1 aromatic carbocycles. The van der Waals surface area contributed by atoms with Gasteiger partial charge in [-0.3, -0.25) is 4.79 Å². The number of esters is 2. The highest BCUT2D eigenvalue weighted by Gasteiger charge is 2.35. The topological polar surface area (TPSA) is 99.2 Å². The first kappa shape index (κ1) is 21.7. The molecule has 0 N–H and O–H groups in total. The van der Waals surface area contributed by atoms with Gasteiger partial charge in [-0.25, -0.2) is 13.2 Å². The van der Waals surface area contributed by atoms with E-state index in [0.717, 1.165) is 19.3 Å². The lowest BCUT2D eigenvalue weighted by Gasteiger charge is -2.31. The summed E-state index contributed by atoms with van der Waals surface area (Å²) in [6.45, 7) is 1.34. The molecule has 2 saturated heterocycles. The van der Waals surface area contributed by atoms with Crippen molar-refractivity contribution in [1.29, 1.82) is 0 Å². The molecule has 2 fully saturated rings. The summed E-state index contributed by atoms with van der Waals surface area (Å²) in [5, 5.41) is 0. The lowest BCUT2D eigenvalue weighted by atomic mass is 9.98. The van der Waals surface area contributed by atoms with Crippen LogP contribution in [-0.2, 0) is 29.0 Å². The van der Waals surface area contributed by atoms with Gasteiger partial charge in [-0.2, -0.15) is 4.31 Å². The largest absolute Gasteiger partial charge is 0.465 e. The monoisotopic (exact) mass is 425 g/mol. The normalized spacial score (nSPS) is 21.5. The Bertz CT molecular complexity index is 825. The molecule has 2 aliphatic rings. The average Bonchev–Trinajstić information content (AvgIpc) is 2.77. The summed E-state index contributed by atoms with van der Waals surface area (Å²) < 4.78 is 43.0. The van der Waals surface area contributed by atoms with E-state index in [0.29, 0.717) is 19.4 Å². The van der Waals surface area contributed by atoms with Crippen molar-refractivity contribution in [3.8, 4) is 0 Å². The second kappa shape index (κ2) is 9.69. The highest BCUT2D eigenvalue weighted by Crippen LogP contribution is 2.27. The molecule has 1 atom stereocenters. The van der Waals surface area contributed by atoms with Crippen molar-refractivity contribution < 1.29 is 32.2 Å². The maximum absolute atomic E-state index is 13.0. The Kier molecular flexibility index (Phi) is 7.26. The number of methoxy groups -OCH3 is 1. The number of carbonyl (C=O) groups excluding carboxylic acids is 2. The SMILES string of the molecule is COC(=O)c1ccccc1S(=O)(=O)N1CCC(C(=O)OCC2CCCCO2)CC1. The van der Waals surface area contributed by atoms with Gasteiger partial charge in [0.1, 0.15) is 6.61 Å². The molecule has 3 rings (SSSR count). The maximum Gasteiger partial charge on any atom is 0.339 e. The number of rotatable bonds is 6. The van der Waals surface area contributed by atoms with Crippen molar-refractivity contribution in [3.63, 3.8) is 0 Å². The number of hydrogen-bond acceptors (Lipinski definition) is 7. The van der Waals surface area contributed by atoms with E-state index in [2.05, 4.69) is 0 Å². The maximum atomic E-state index is 13.0. The smallest absolute Gasteiger partial charge is 0.339 e. The average molecular weight is 426 g/mol. The molecule has 0 saturated carbocycles. The van der Waals surface area contributed by atoms with Gasteiger partial charge in [0, 0.05) is 19.7 Å². The zero-order valence-corrected chi connectivity index (χ0v) is 17.4. The molecular weight excluding hydrogens is 398 g/mol. The molecule has 8 nitrogen and oxygen atoms in total. The molecular formula is C20H27NO7S. The number of sulfonamides is 1. The number of benzene rings is 1. The van der Waals surface area contributed by atoms with E-state index in [1.54, 1.807) is 12.1 Å². The van der Waals surface area contributed by atoms with Crippen molar-refractivity contribution in [2.75, 3.05) is 33.4 Å². The molecule has 0 spiro atoms. The van der Waals surface area contributed by atoms with Gasteiger partial charge < -0.3 is 14.2 Å². The Labute approximate surface area is 171 Å². The van der Waals surface area contributed by atoms with Crippen LogP contribution < -0.4 is 0 Å². The van der Waals surface area contributed by atoms with Crippen molar-refractivity contribution in [2.45, 2.75) is 43.1 Å². The number of ether oxygens (including phenoxy) is 3. The standard InChI is InChI=1S/C20H27NO7S/c1-26-20(23)17-7-2-3-8-18(17)29(24,25)21-11-9-15(10-12-21)19(22)28-14-16-6-4-5-13-27-16/h2-3,7-8,15-16H,4-6,9-14H2,1H3. The van der Waals surface area contributed by atoms with Crippen LogP contribution in [0.25, 0.3) is 0 Å². The van der Waals surface area contributed by atoms with Crippen molar-refractivity contribution >= 4 is 22.0 Å². The van der Waals surface area contributed by atoms with Gasteiger partial charge in [0.25, 0.3) is 0 Å². The lowest BCUT2D eigenvalue weighted by Crippen LogP contribution is -2.41. The van der Waals surface area contributed by atoms with Crippen LogP contribution in [0.15, 0.2) is 29.2 Å². The summed E-state index contributed by atoms with van der Waals surface area (Å²) in [6, 6.07) is 5.97. The van der Waals surface area contributed by atoms with E-state index in [-0.39, 0.29) is 48.1 Å². The van der Waals surface area contributed by atoms with Crippen LogP contribution in [-0.4, -0.2) is 64.2 Å². The fourth-order valence-electron chi connectivity index (χ4n) is 3.67. The van der Waals surface area contributed by atoms with Gasteiger partial charge in [0.05, 0.1) is 29.6 Å². The number of piperidine rings is 1. The van der Waals surface area contributed by atoms with E-state index in [9.17, 15) is 18.0 Å². The van der Waals surface area contributed by atoms with Gasteiger partial charge in [-0.05, 0) is 44.2 Å². The van der Waals surface area contributed by atoms with Crippen LogP contribution in [0.3, 0.4) is 0 Å². The van der Waals surface area contributed by atoms with Crippen LogP contribution in [0.1, 0.15) is 42.5 Å². The van der Waals surface area contributed by atoms with E-state index < -0.39 is 16.0 Å². The molecule has 160 valence electrons. The van der Waals surface area contributed by atoms with E-state index in [4.69, 9.17) is 14.2 Å². The third-order valence-corrected chi connectivity index (χ3v) is 7.34. The van der Waals surface area contributed by atoms with Crippen LogP contribution in [0.5, 0.6) is 0 Å². The van der Waals surface area contributed by atoms with Crippen LogP contribution >= 0.6 is 0 Å². The first-order valence-electron chi connectivity index (χ1n) is 9.89. The summed E-state index contributed by atoms with van der Waals surface area (Å²) in [5.41, 5.74) is 0.00372. The molecule has 9 heteroatoms. The predicted octanol–water partition coefficient (Wildman–Crippen LogP) is 1.99. The molecule has 0 aromatic heterocycles. The zero-order chi connectivity index (χ0) is 20.9. The Morgan fingerprint density at radius 2 is 1.86 bits per heavy atom. The highest BCUT2D eigenvalue weighted by atomic mass is 32.2. The van der Waals surface area contributed by atoms with Crippen LogP contribution in [0, 0.1) is 5.92 Å². The van der Waals surface area contributed by atoms with Gasteiger partial charge in [0.2, 0.25) is 10.0 Å². The molecule has 0 radical (unpaired) electrons. The molecule has 0 bridgehead atoms. The first-order valence-corrected chi connectivity index (χ1v) is 11.3. The quantitative estimate of drug-likeness (QED) is 0.643. The van der Waals surface area contributed by atoms with E-state index in [1.807, 2.05) is 0 Å². The summed E-state index contributed by atoms with van der Waals surface area (Å²) in [4.78, 5) is 24.2. The van der Waals surface area contributed by atoms with E-state index in [1.165, 1.54) is 23.5 Å². The second-order valence-electron chi connectivity index (χ2n) is 7.28. The molecule has 1 aromatic rings. The molecule has 1 unspecified atom stereocenters. The fraction of sp³-hybridized carbons (Fsp3) is 0.600. The first-order chi connectivity index (χ1) is 13.9. The van der Waals surface area contributed by atoms with Crippen molar-refractivity contribution in [1.82, 2.24) is 4.31 Å². The van der Waals surface area contributed by atoms with Crippen molar-refractivity contribution in [2.24, 2.45) is 5.92 Å². The minimum Gasteiger partial charge on any atom is -0.465 e. The number of nitrogens with zero attached hydrogens (tertiary/aromatic N) is 1. The molecule has 0 aliphatic carbocycles. The summed E-state index contributed by atoms with van der Waals surface area (Å²) in [7, 11) is -2.66. The summed E-state index contributed by atoms with van der Waals surface area (Å²) >= 11 is 0. The Hall–Kier alpha value is -1.97. The van der Waals surface area contributed by atoms with Crippen LogP contribution in [0.4, 0.5) is 0 Å². The zero-order valence-electron chi connectivity index (χ0n) is 16.5. The molecule has 29 heavy (non-hydrogen) atoms. The van der Waals surface area contributed by atoms with Gasteiger partial charge in [-0.15, -0.1) is 0 Å². The lowest BCUT2D eigenvalue weighted by molar-refractivity contribution is -0.155. The minimum absolute atomic E-state index is 0.00372. The summed E-state index contributed by atoms with van der Waals surface area (Å²) in [5.74, 6) is -1.33. The Balaban J connectivity index is 1.58.